The van der Waals surface area contributed by atoms with Crippen molar-refractivity contribution < 1.29 is 14.3 Å². The highest BCUT2D eigenvalue weighted by molar-refractivity contribution is 5.94. The van der Waals surface area contributed by atoms with Gasteiger partial charge in [0.05, 0.1) is 0 Å². The van der Waals surface area contributed by atoms with E-state index in [-0.39, 0.29) is 0 Å². The van der Waals surface area contributed by atoms with Crippen LogP contribution in [0, 0.1) is 0 Å². The van der Waals surface area contributed by atoms with Gasteiger partial charge in [0.25, 0.3) is 5.91 Å². The molecule has 5 heteroatoms. The van der Waals surface area contributed by atoms with E-state index in [4.69, 9.17) is 4.74 Å². The van der Waals surface area contributed by atoms with E-state index in [2.05, 4.69) is 0 Å². The van der Waals surface area contributed by atoms with E-state index in [1.807, 2.05) is 5.32 Å². The van der Waals surface area contributed by atoms with Crippen LogP contribution < -0.4 is 5.32 Å². The van der Waals surface area contributed by atoms with E-state index < -0.39 is 5.91 Å². The zero-order chi connectivity index (χ0) is 9.40. The van der Waals surface area contributed by atoms with Crippen molar-refractivity contribution in [2.45, 2.75) is 0 Å². The summed E-state index contributed by atoms with van der Waals surface area (Å²) < 4.78 is 4.77. The number of hydrogen-bond acceptors (Lipinski definition) is 4. The van der Waals surface area contributed by atoms with Crippen molar-refractivity contribution in [2.75, 3.05) is 20.9 Å². The molecule has 1 N–H and O–H groups in total. The van der Waals surface area contributed by atoms with Gasteiger partial charge in [-0.3, -0.25) is 14.9 Å². The summed E-state index contributed by atoms with van der Waals surface area (Å²) in [5.74, 6) is -0.451. The minimum Gasteiger partial charge on any atom is -0.364 e. The lowest BCUT2D eigenvalue weighted by Gasteiger charge is -2.10. The minimum atomic E-state index is -0.451. The summed E-state index contributed by atoms with van der Waals surface area (Å²) in [5, 5.41) is 1.97. The van der Waals surface area contributed by atoms with Crippen molar-refractivity contribution in [1.29, 1.82) is 0 Å². The van der Waals surface area contributed by atoms with Crippen LogP contribution in [0.3, 0.4) is 0 Å². The fourth-order valence-corrected chi connectivity index (χ4v) is 0.548. The number of nitrogens with one attached hydrogen (secondary N) is 1. The standard InChI is InChI=1S/C7H12N2O3/c1-9(6-12-2)4-3-7(11)8-5-10/h3-5H,6H2,1-2H3,(H,8,10,11)/b4-3-. The van der Waals surface area contributed by atoms with E-state index in [0.29, 0.717) is 13.1 Å². The van der Waals surface area contributed by atoms with Crippen LogP contribution in [0.2, 0.25) is 0 Å². The number of hydrogen-bond donors (Lipinski definition) is 1. The minimum absolute atomic E-state index is 0.336. The normalized spacial score (nSPS) is 9.83. The van der Waals surface area contributed by atoms with Crippen molar-refractivity contribution in [1.82, 2.24) is 10.2 Å². The highest BCUT2D eigenvalue weighted by Crippen LogP contribution is 1.83. The van der Waals surface area contributed by atoms with Crippen LogP contribution in [0.15, 0.2) is 12.3 Å². The van der Waals surface area contributed by atoms with Gasteiger partial charge in [-0.15, -0.1) is 0 Å². The highest BCUT2D eigenvalue weighted by Gasteiger charge is 1.92. The molecule has 0 aliphatic carbocycles. The van der Waals surface area contributed by atoms with Crippen molar-refractivity contribution >= 4 is 12.3 Å². The van der Waals surface area contributed by atoms with E-state index in [1.54, 1.807) is 19.1 Å². The van der Waals surface area contributed by atoms with Gasteiger partial charge in [-0.2, -0.15) is 0 Å². The first-order chi connectivity index (χ1) is 5.70. The Labute approximate surface area is 71.0 Å². The Morgan fingerprint density at radius 3 is 2.83 bits per heavy atom. The number of imide groups is 1. The molecule has 0 heterocycles. The molecule has 0 rings (SSSR count). The predicted octanol–water partition coefficient (Wildman–Crippen LogP) is -0.692. The monoisotopic (exact) mass is 172 g/mol. The van der Waals surface area contributed by atoms with Gasteiger partial charge in [0.1, 0.15) is 6.73 Å². The fourth-order valence-electron chi connectivity index (χ4n) is 0.548. The third-order valence-corrected chi connectivity index (χ3v) is 1.01. The summed E-state index contributed by atoms with van der Waals surface area (Å²) in [6.45, 7) is 0.394. The third kappa shape index (κ3) is 5.43. The zero-order valence-corrected chi connectivity index (χ0v) is 7.11. The Balaban J connectivity index is 3.72. The first-order valence-corrected chi connectivity index (χ1v) is 3.32. The van der Waals surface area contributed by atoms with Crippen molar-refractivity contribution in [3.63, 3.8) is 0 Å². The van der Waals surface area contributed by atoms with Crippen molar-refractivity contribution in [2.24, 2.45) is 0 Å². The number of amides is 2. The molecule has 0 saturated carbocycles. The van der Waals surface area contributed by atoms with Crippen LogP contribution in [0.25, 0.3) is 0 Å². The highest BCUT2D eigenvalue weighted by atomic mass is 16.5. The molecule has 68 valence electrons. The molecule has 5 nitrogen and oxygen atoms in total. The second-order valence-electron chi connectivity index (χ2n) is 2.12. The molecule has 0 atom stereocenters. The first kappa shape index (κ1) is 10.6. The van der Waals surface area contributed by atoms with Crippen molar-refractivity contribution in [3.05, 3.63) is 12.3 Å². The van der Waals surface area contributed by atoms with Gasteiger partial charge in [0.2, 0.25) is 6.41 Å². The fraction of sp³-hybridized carbons (Fsp3) is 0.429. The summed E-state index contributed by atoms with van der Waals surface area (Å²) in [4.78, 5) is 22.1. The predicted molar refractivity (Wildman–Crippen MR) is 43.0 cm³/mol. The van der Waals surface area contributed by atoms with Crippen molar-refractivity contribution in [3.8, 4) is 0 Å². The maximum absolute atomic E-state index is 10.7. The summed E-state index contributed by atoms with van der Waals surface area (Å²) in [7, 11) is 3.30. The average Bonchev–Trinajstić information content (AvgIpc) is 2.02. The lowest BCUT2D eigenvalue weighted by Crippen LogP contribution is -2.20. The number of ether oxygens (including phenoxy) is 1. The van der Waals surface area contributed by atoms with Gasteiger partial charge >= 0.3 is 0 Å². The molecule has 0 aliphatic heterocycles. The van der Waals surface area contributed by atoms with E-state index in [1.165, 1.54) is 12.3 Å². The van der Waals surface area contributed by atoms with E-state index in [0.717, 1.165) is 0 Å². The largest absolute Gasteiger partial charge is 0.364 e. The number of nitrogens with zero attached hydrogens (tertiary/aromatic N) is 1. The van der Waals surface area contributed by atoms with Crippen LogP contribution in [0.5, 0.6) is 0 Å². The Kier molecular flexibility index (Phi) is 5.64. The molecular weight excluding hydrogens is 160 g/mol. The lowest BCUT2D eigenvalue weighted by molar-refractivity contribution is -0.121. The quantitative estimate of drug-likeness (QED) is 0.339. The Hall–Kier alpha value is -1.36. The summed E-state index contributed by atoms with van der Waals surface area (Å²) in [6, 6.07) is 0. The molecule has 0 aromatic heterocycles. The van der Waals surface area contributed by atoms with Gasteiger partial charge in [-0.05, 0) is 0 Å². The summed E-state index contributed by atoms with van der Waals surface area (Å²) in [6.07, 6.45) is 3.10. The number of carbonyl (C=O) groups excluding carboxylic acids is 2. The second-order valence-corrected chi connectivity index (χ2v) is 2.12. The molecule has 0 fully saturated rings. The number of rotatable bonds is 5. The van der Waals surface area contributed by atoms with Gasteiger partial charge < -0.3 is 9.64 Å². The molecule has 0 radical (unpaired) electrons. The SMILES string of the molecule is COCN(C)/C=C\C(=O)NC=O. The van der Waals surface area contributed by atoms with Crippen LogP contribution >= 0.6 is 0 Å². The van der Waals surface area contributed by atoms with Crippen LogP contribution in [-0.4, -0.2) is 38.1 Å². The smallest absolute Gasteiger partial charge is 0.251 e. The van der Waals surface area contributed by atoms with Gasteiger partial charge in [-0.1, -0.05) is 0 Å². The van der Waals surface area contributed by atoms with Gasteiger partial charge in [-0.25, -0.2) is 0 Å². The Morgan fingerprint density at radius 2 is 2.33 bits per heavy atom. The second kappa shape index (κ2) is 6.36. The van der Waals surface area contributed by atoms with Gasteiger partial charge in [0.15, 0.2) is 0 Å². The molecule has 0 spiro atoms. The lowest BCUT2D eigenvalue weighted by atomic mass is 10.5. The third-order valence-electron chi connectivity index (χ3n) is 1.01. The summed E-state index contributed by atoms with van der Waals surface area (Å²) in [5.41, 5.74) is 0. The van der Waals surface area contributed by atoms with E-state index in [9.17, 15) is 9.59 Å². The maximum atomic E-state index is 10.7. The molecule has 0 unspecified atom stereocenters. The topological polar surface area (TPSA) is 58.6 Å². The number of methoxy groups -OCH3 is 1. The van der Waals surface area contributed by atoms with Crippen LogP contribution in [-0.2, 0) is 14.3 Å². The summed E-state index contributed by atoms with van der Waals surface area (Å²) >= 11 is 0. The molecule has 0 aliphatic rings. The Bertz CT molecular complexity index is 179. The molecule has 0 aromatic rings. The molecular formula is C7H12N2O3. The molecule has 2 amide bonds. The van der Waals surface area contributed by atoms with E-state index >= 15 is 0 Å². The van der Waals surface area contributed by atoms with Crippen LogP contribution in [0.4, 0.5) is 0 Å². The maximum Gasteiger partial charge on any atom is 0.251 e. The zero-order valence-electron chi connectivity index (χ0n) is 7.11. The van der Waals surface area contributed by atoms with Gasteiger partial charge in [0, 0.05) is 26.4 Å². The molecule has 12 heavy (non-hydrogen) atoms. The molecule has 0 aromatic carbocycles. The Morgan fingerprint density at radius 1 is 1.67 bits per heavy atom. The first-order valence-electron chi connectivity index (χ1n) is 3.32. The molecule has 0 bridgehead atoms. The molecule has 0 saturated heterocycles. The van der Waals surface area contributed by atoms with Crippen LogP contribution in [0.1, 0.15) is 0 Å². The average molecular weight is 172 g/mol. The number of carbonyl (C=O) groups is 2.